The summed E-state index contributed by atoms with van der Waals surface area (Å²) in [5, 5.41) is 7.04. The Morgan fingerprint density at radius 3 is 2.41 bits per heavy atom. The maximum Gasteiger partial charge on any atom is 0.322 e. The van der Waals surface area contributed by atoms with E-state index in [9.17, 15) is 13.6 Å². The average molecular weight is 458 g/mol. The first-order valence-electron chi connectivity index (χ1n) is 10.7. The van der Waals surface area contributed by atoms with E-state index >= 15 is 0 Å². The highest BCUT2D eigenvalue weighted by Gasteiger charge is 2.36. The van der Waals surface area contributed by atoms with E-state index in [1.807, 2.05) is 30.3 Å². The highest BCUT2D eigenvalue weighted by atomic mass is 19.1. The summed E-state index contributed by atoms with van der Waals surface area (Å²) in [6, 6.07) is 20.4. The minimum atomic E-state index is -0.658. The molecule has 1 aromatic heterocycles. The average Bonchev–Trinajstić information content (AvgIpc) is 3.33. The number of rotatable bonds is 5. The molecule has 0 aliphatic carbocycles. The summed E-state index contributed by atoms with van der Waals surface area (Å²) >= 11 is 0. The molecule has 1 unspecified atom stereocenters. The van der Waals surface area contributed by atoms with E-state index in [0.717, 1.165) is 5.56 Å². The highest BCUT2D eigenvalue weighted by molar-refractivity contribution is 5.86. The molecular weight excluding hydrogens is 438 g/mol. The number of carbonyl (C=O) groups is 1. The van der Waals surface area contributed by atoms with Crippen LogP contribution in [0.4, 0.5) is 13.6 Å². The number of hydrogen-bond acceptors (Lipinski definition) is 4. The van der Waals surface area contributed by atoms with Crippen molar-refractivity contribution in [3.8, 4) is 11.4 Å². The fourth-order valence-electron chi connectivity index (χ4n) is 3.99. The summed E-state index contributed by atoms with van der Waals surface area (Å²) in [6.07, 6.45) is 0. The molecule has 3 aromatic carbocycles. The molecule has 34 heavy (non-hydrogen) atoms. The molecule has 1 aliphatic rings. The van der Waals surface area contributed by atoms with Crippen LogP contribution < -0.4 is 5.32 Å². The molecule has 8 heteroatoms. The van der Waals surface area contributed by atoms with Crippen LogP contribution in [0, 0.1) is 11.6 Å². The van der Waals surface area contributed by atoms with Crippen LogP contribution in [0.3, 0.4) is 0 Å². The maximum absolute atomic E-state index is 14.3. The van der Waals surface area contributed by atoms with Gasteiger partial charge in [-0.05, 0) is 30.7 Å². The Balaban J connectivity index is 1.61. The van der Waals surface area contributed by atoms with Crippen LogP contribution in [-0.4, -0.2) is 21.1 Å². The first-order chi connectivity index (χ1) is 16.5. The molecule has 0 radical (unpaired) electrons. The van der Waals surface area contributed by atoms with E-state index in [-0.39, 0.29) is 12.4 Å². The molecule has 170 valence electrons. The zero-order chi connectivity index (χ0) is 23.7. The second-order valence-corrected chi connectivity index (χ2v) is 7.90. The molecule has 4 aromatic rings. The van der Waals surface area contributed by atoms with Gasteiger partial charge < -0.3 is 9.84 Å². The molecule has 1 atom stereocenters. The molecule has 0 fully saturated rings. The molecule has 0 saturated carbocycles. The van der Waals surface area contributed by atoms with Crippen LogP contribution >= 0.6 is 0 Å². The Kier molecular flexibility index (Phi) is 5.63. The minimum Gasteiger partial charge on any atom is -0.334 e. The summed E-state index contributed by atoms with van der Waals surface area (Å²) in [5.41, 5.74) is 2.88. The molecule has 2 heterocycles. The first kappa shape index (κ1) is 21.5. The van der Waals surface area contributed by atoms with Gasteiger partial charge >= 0.3 is 6.03 Å². The van der Waals surface area contributed by atoms with Crippen LogP contribution in [0.15, 0.2) is 89.1 Å². The Morgan fingerprint density at radius 1 is 0.971 bits per heavy atom. The van der Waals surface area contributed by atoms with Crippen molar-refractivity contribution in [3.05, 3.63) is 113 Å². The fraction of sp³-hybridized carbons (Fsp3) is 0.115. The van der Waals surface area contributed by atoms with Gasteiger partial charge in [0.1, 0.15) is 11.6 Å². The van der Waals surface area contributed by atoms with Crippen molar-refractivity contribution in [2.24, 2.45) is 0 Å². The van der Waals surface area contributed by atoms with Gasteiger partial charge in [-0.25, -0.2) is 13.6 Å². The molecule has 6 nitrogen and oxygen atoms in total. The topological polar surface area (TPSA) is 71.3 Å². The normalized spacial score (nSPS) is 16.0. The lowest BCUT2D eigenvalue weighted by Crippen LogP contribution is -2.45. The van der Waals surface area contributed by atoms with Crippen molar-refractivity contribution in [3.63, 3.8) is 0 Å². The molecule has 5 rings (SSSR count). The number of nitrogens with one attached hydrogen (secondary N) is 1. The van der Waals surface area contributed by atoms with Crippen molar-refractivity contribution in [1.82, 2.24) is 20.4 Å². The predicted molar refractivity (Wildman–Crippen MR) is 122 cm³/mol. The third-order valence-corrected chi connectivity index (χ3v) is 5.77. The van der Waals surface area contributed by atoms with Crippen LogP contribution in [0.25, 0.3) is 17.0 Å². The number of halogens is 2. The SMILES string of the molecule is CC1=C(c2nc(-c3ccccc3)no2)C(c2ccc(F)cc2)NC(=O)N1Cc1ccccc1F. The standard InChI is InChI=1S/C26H20F2N4O2/c1-16-22(25-30-24(31-34-25)18-7-3-2-4-8-18)23(17-11-13-20(27)14-12-17)29-26(33)32(16)15-19-9-5-6-10-21(19)28/h2-14,23H,15H2,1H3,(H,29,33). The van der Waals surface area contributed by atoms with E-state index in [1.165, 1.54) is 23.1 Å². The predicted octanol–water partition coefficient (Wildman–Crippen LogP) is 5.71. The Labute approximate surface area is 194 Å². The number of urea groups is 1. The van der Waals surface area contributed by atoms with Crippen LogP contribution in [-0.2, 0) is 6.54 Å². The first-order valence-corrected chi connectivity index (χ1v) is 10.7. The second kappa shape index (κ2) is 8.90. The number of benzene rings is 3. The van der Waals surface area contributed by atoms with Crippen molar-refractivity contribution in [2.75, 3.05) is 0 Å². The molecule has 2 amide bonds. The van der Waals surface area contributed by atoms with E-state index in [1.54, 1.807) is 37.3 Å². The summed E-state index contributed by atoms with van der Waals surface area (Å²) in [7, 11) is 0. The quantitative estimate of drug-likeness (QED) is 0.416. The molecule has 0 spiro atoms. The van der Waals surface area contributed by atoms with E-state index in [2.05, 4.69) is 15.5 Å². The van der Waals surface area contributed by atoms with Crippen LogP contribution in [0.5, 0.6) is 0 Å². The van der Waals surface area contributed by atoms with Crippen molar-refractivity contribution >= 4 is 11.6 Å². The molecule has 1 N–H and O–H groups in total. The number of aromatic nitrogens is 2. The van der Waals surface area contributed by atoms with E-state index < -0.39 is 23.7 Å². The van der Waals surface area contributed by atoms with Gasteiger partial charge in [-0.3, -0.25) is 4.90 Å². The van der Waals surface area contributed by atoms with Gasteiger partial charge in [0.15, 0.2) is 0 Å². The van der Waals surface area contributed by atoms with E-state index in [4.69, 9.17) is 4.52 Å². The third kappa shape index (κ3) is 4.05. The number of allylic oxidation sites excluding steroid dienone is 1. The van der Waals surface area contributed by atoms with E-state index in [0.29, 0.717) is 28.2 Å². The Bertz CT molecular complexity index is 1370. The Morgan fingerprint density at radius 2 is 1.68 bits per heavy atom. The largest absolute Gasteiger partial charge is 0.334 e. The molecule has 0 saturated heterocycles. The fourth-order valence-corrected chi connectivity index (χ4v) is 3.99. The monoisotopic (exact) mass is 458 g/mol. The van der Waals surface area contributed by atoms with Crippen molar-refractivity contribution in [1.29, 1.82) is 0 Å². The van der Waals surface area contributed by atoms with Crippen molar-refractivity contribution < 1.29 is 18.1 Å². The number of carbonyl (C=O) groups excluding carboxylic acids is 1. The number of nitrogens with zero attached hydrogens (tertiary/aromatic N) is 3. The summed E-state index contributed by atoms with van der Waals surface area (Å²) < 4.78 is 33.5. The maximum atomic E-state index is 14.3. The lowest BCUT2D eigenvalue weighted by atomic mass is 9.94. The summed E-state index contributed by atoms with van der Waals surface area (Å²) in [5.74, 6) is -0.191. The lowest BCUT2D eigenvalue weighted by Gasteiger charge is -2.35. The van der Waals surface area contributed by atoms with Gasteiger partial charge in [0.2, 0.25) is 5.82 Å². The van der Waals surface area contributed by atoms with Gasteiger partial charge in [-0.2, -0.15) is 4.98 Å². The van der Waals surface area contributed by atoms with Gasteiger partial charge in [-0.15, -0.1) is 0 Å². The Hall–Kier alpha value is -4.33. The lowest BCUT2D eigenvalue weighted by molar-refractivity contribution is 0.202. The summed E-state index contributed by atoms with van der Waals surface area (Å²) in [4.78, 5) is 19.1. The van der Waals surface area contributed by atoms with Gasteiger partial charge in [0.05, 0.1) is 18.2 Å². The third-order valence-electron chi connectivity index (χ3n) is 5.77. The second-order valence-electron chi connectivity index (χ2n) is 7.90. The molecule has 0 bridgehead atoms. The minimum absolute atomic E-state index is 0.0175. The molecular formula is C26H20F2N4O2. The van der Waals surface area contributed by atoms with Gasteiger partial charge in [0.25, 0.3) is 5.89 Å². The number of hydrogen-bond donors (Lipinski definition) is 1. The zero-order valence-corrected chi connectivity index (χ0v) is 18.2. The number of amides is 2. The smallest absolute Gasteiger partial charge is 0.322 e. The zero-order valence-electron chi connectivity index (χ0n) is 18.2. The summed E-state index contributed by atoms with van der Waals surface area (Å²) in [6.45, 7) is 1.77. The van der Waals surface area contributed by atoms with Crippen LogP contribution in [0.2, 0.25) is 0 Å². The highest BCUT2D eigenvalue weighted by Crippen LogP contribution is 2.38. The van der Waals surface area contributed by atoms with Crippen molar-refractivity contribution in [2.45, 2.75) is 19.5 Å². The van der Waals surface area contributed by atoms with Crippen LogP contribution in [0.1, 0.15) is 30.0 Å². The van der Waals surface area contributed by atoms with Gasteiger partial charge in [-0.1, -0.05) is 65.8 Å². The molecule has 1 aliphatic heterocycles. The van der Waals surface area contributed by atoms with Gasteiger partial charge in [0, 0.05) is 16.8 Å².